The first-order valence-corrected chi connectivity index (χ1v) is 5.80. The number of carbonyl (C=O) groups is 1. The summed E-state index contributed by atoms with van der Waals surface area (Å²) in [6.07, 6.45) is 2.10. The molecule has 1 amide bonds. The van der Waals surface area contributed by atoms with E-state index in [1.807, 2.05) is 36.1 Å². The normalized spacial score (nSPS) is 20.1. The molecule has 2 rings (SSSR count). The third-order valence-corrected chi connectivity index (χ3v) is 3.18. The minimum Gasteiger partial charge on any atom is -0.334 e. The van der Waals surface area contributed by atoms with Crippen molar-refractivity contribution in [3.05, 3.63) is 35.4 Å². The number of likely N-dealkylation sites (tertiary alicyclic amines) is 1. The van der Waals surface area contributed by atoms with Gasteiger partial charge in [-0.25, -0.2) is 0 Å². The van der Waals surface area contributed by atoms with Gasteiger partial charge in [0.05, 0.1) is 0 Å². The fourth-order valence-corrected chi connectivity index (χ4v) is 2.29. The number of rotatable bonds is 2. The molecule has 86 valence electrons. The number of carbonyl (C=O) groups excluding carboxylic acids is 1. The maximum Gasteiger partial charge on any atom is 0.254 e. The van der Waals surface area contributed by atoms with Crippen molar-refractivity contribution in [1.82, 2.24) is 4.90 Å². The Bertz CT molecular complexity index is 389. The molecule has 1 fully saturated rings. The van der Waals surface area contributed by atoms with Gasteiger partial charge in [0.2, 0.25) is 0 Å². The summed E-state index contributed by atoms with van der Waals surface area (Å²) in [5.74, 6) is 0.122. The van der Waals surface area contributed by atoms with E-state index in [0.717, 1.165) is 30.5 Å². The Labute approximate surface area is 96.2 Å². The van der Waals surface area contributed by atoms with Gasteiger partial charge < -0.3 is 10.6 Å². The van der Waals surface area contributed by atoms with E-state index in [4.69, 9.17) is 5.73 Å². The molecule has 1 saturated heterocycles. The Balaban J connectivity index is 2.18. The summed E-state index contributed by atoms with van der Waals surface area (Å²) >= 11 is 0. The monoisotopic (exact) mass is 218 g/mol. The molecule has 0 spiro atoms. The molecule has 0 aliphatic carbocycles. The van der Waals surface area contributed by atoms with E-state index in [0.29, 0.717) is 6.54 Å². The Morgan fingerprint density at radius 2 is 2.38 bits per heavy atom. The number of amides is 1. The molecule has 1 heterocycles. The Morgan fingerprint density at radius 3 is 3.06 bits per heavy atom. The summed E-state index contributed by atoms with van der Waals surface area (Å²) in [5.41, 5.74) is 7.57. The molecule has 0 aromatic heterocycles. The van der Waals surface area contributed by atoms with Gasteiger partial charge in [0, 0.05) is 24.7 Å². The first-order valence-electron chi connectivity index (χ1n) is 5.80. The van der Waals surface area contributed by atoms with Crippen molar-refractivity contribution >= 4 is 5.91 Å². The number of hydrogen-bond donors (Lipinski definition) is 1. The van der Waals surface area contributed by atoms with Crippen LogP contribution in [0.15, 0.2) is 24.3 Å². The lowest BCUT2D eigenvalue weighted by molar-refractivity contribution is 0.0741. The summed E-state index contributed by atoms with van der Waals surface area (Å²) in [7, 11) is 0. The SMILES string of the molecule is Cc1cccc(C(=O)N2CCCC2CN)c1. The van der Waals surface area contributed by atoms with Gasteiger partial charge >= 0.3 is 0 Å². The van der Waals surface area contributed by atoms with Crippen molar-refractivity contribution in [2.24, 2.45) is 5.73 Å². The van der Waals surface area contributed by atoms with Crippen LogP contribution in [-0.2, 0) is 0 Å². The lowest BCUT2D eigenvalue weighted by Gasteiger charge is -2.23. The predicted molar refractivity (Wildman–Crippen MR) is 64.3 cm³/mol. The predicted octanol–water partition coefficient (Wildman–Crippen LogP) is 1.56. The van der Waals surface area contributed by atoms with Crippen LogP contribution in [0.5, 0.6) is 0 Å². The average molecular weight is 218 g/mol. The van der Waals surface area contributed by atoms with Crippen LogP contribution in [0.3, 0.4) is 0 Å². The van der Waals surface area contributed by atoms with Gasteiger partial charge in [-0.2, -0.15) is 0 Å². The molecule has 1 aromatic rings. The summed E-state index contributed by atoms with van der Waals surface area (Å²) in [5, 5.41) is 0. The molecule has 1 aliphatic heterocycles. The van der Waals surface area contributed by atoms with Gasteiger partial charge in [0.25, 0.3) is 5.91 Å². The number of nitrogens with zero attached hydrogens (tertiary/aromatic N) is 1. The summed E-state index contributed by atoms with van der Waals surface area (Å²) in [6, 6.07) is 7.97. The molecule has 1 atom stereocenters. The lowest BCUT2D eigenvalue weighted by atomic mass is 10.1. The van der Waals surface area contributed by atoms with Crippen molar-refractivity contribution in [2.45, 2.75) is 25.8 Å². The van der Waals surface area contributed by atoms with Crippen molar-refractivity contribution in [3.8, 4) is 0 Å². The van der Waals surface area contributed by atoms with Gasteiger partial charge in [-0.1, -0.05) is 17.7 Å². The van der Waals surface area contributed by atoms with Crippen LogP contribution < -0.4 is 5.73 Å². The number of nitrogens with two attached hydrogens (primary N) is 1. The quantitative estimate of drug-likeness (QED) is 0.818. The fourth-order valence-electron chi connectivity index (χ4n) is 2.29. The van der Waals surface area contributed by atoms with Crippen molar-refractivity contribution < 1.29 is 4.79 Å². The molecule has 1 aliphatic rings. The van der Waals surface area contributed by atoms with Crippen molar-refractivity contribution in [1.29, 1.82) is 0 Å². The third kappa shape index (κ3) is 2.09. The smallest absolute Gasteiger partial charge is 0.254 e. The second-order valence-electron chi connectivity index (χ2n) is 4.40. The molecule has 0 bridgehead atoms. The Hall–Kier alpha value is -1.35. The molecule has 3 nitrogen and oxygen atoms in total. The molecular formula is C13H18N2O. The third-order valence-electron chi connectivity index (χ3n) is 3.18. The minimum atomic E-state index is 0.122. The number of aryl methyl sites for hydroxylation is 1. The summed E-state index contributed by atoms with van der Waals surface area (Å²) < 4.78 is 0. The highest BCUT2D eigenvalue weighted by molar-refractivity contribution is 5.94. The molecule has 3 heteroatoms. The molecular weight excluding hydrogens is 200 g/mol. The highest BCUT2D eigenvalue weighted by Gasteiger charge is 2.28. The maximum atomic E-state index is 12.2. The van der Waals surface area contributed by atoms with Crippen LogP contribution in [0.25, 0.3) is 0 Å². The van der Waals surface area contributed by atoms with Gasteiger partial charge in [-0.3, -0.25) is 4.79 Å². The van der Waals surface area contributed by atoms with Crippen LogP contribution in [-0.4, -0.2) is 29.9 Å². The van der Waals surface area contributed by atoms with E-state index >= 15 is 0 Å². The van der Waals surface area contributed by atoms with E-state index in [9.17, 15) is 4.79 Å². The minimum absolute atomic E-state index is 0.122. The van der Waals surface area contributed by atoms with Crippen LogP contribution in [0.1, 0.15) is 28.8 Å². The number of hydrogen-bond acceptors (Lipinski definition) is 2. The van der Waals surface area contributed by atoms with Crippen LogP contribution in [0, 0.1) is 6.92 Å². The number of benzene rings is 1. The first-order chi connectivity index (χ1) is 7.72. The van der Waals surface area contributed by atoms with Crippen LogP contribution in [0.4, 0.5) is 0 Å². The summed E-state index contributed by atoms with van der Waals surface area (Å²) in [4.78, 5) is 14.2. The van der Waals surface area contributed by atoms with E-state index in [-0.39, 0.29) is 11.9 Å². The molecule has 2 N–H and O–H groups in total. The first kappa shape index (κ1) is 11.1. The largest absolute Gasteiger partial charge is 0.334 e. The molecule has 16 heavy (non-hydrogen) atoms. The average Bonchev–Trinajstić information content (AvgIpc) is 2.76. The van der Waals surface area contributed by atoms with E-state index in [2.05, 4.69) is 0 Å². The maximum absolute atomic E-state index is 12.2. The Kier molecular flexibility index (Phi) is 3.25. The van der Waals surface area contributed by atoms with Crippen molar-refractivity contribution in [2.75, 3.05) is 13.1 Å². The molecule has 0 radical (unpaired) electrons. The van der Waals surface area contributed by atoms with Gasteiger partial charge in [0.1, 0.15) is 0 Å². The van der Waals surface area contributed by atoms with Gasteiger partial charge in [0.15, 0.2) is 0 Å². The summed E-state index contributed by atoms with van der Waals surface area (Å²) in [6.45, 7) is 3.41. The van der Waals surface area contributed by atoms with E-state index in [1.165, 1.54) is 0 Å². The topological polar surface area (TPSA) is 46.3 Å². The zero-order valence-electron chi connectivity index (χ0n) is 9.65. The highest BCUT2D eigenvalue weighted by atomic mass is 16.2. The Morgan fingerprint density at radius 1 is 1.56 bits per heavy atom. The highest BCUT2D eigenvalue weighted by Crippen LogP contribution is 2.19. The standard InChI is InChI=1S/C13H18N2O/c1-10-4-2-5-11(8-10)13(16)15-7-3-6-12(15)9-14/h2,4-5,8,12H,3,6-7,9,14H2,1H3. The second kappa shape index (κ2) is 4.66. The lowest BCUT2D eigenvalue weighted by Crippen LogP contribution is -2.39. The molecule has 1 aromatic carbocycles. The van der Waals surface area contributed by atoms with E-state index < -0.39 is 0 Å². The second-order valence-corrected chi connectivity index (χ2v) is 4.40. The fraction of sp³-hybridized carbons (Fsp3) is 0.462. The van der Waals surface area contributed by atoms with Gasteiger partial charge in [-0.05, 0) is 31.9 Å². The zero-order chi connectivity index (χ0) is 11.5. The molecule has 0 saturated carbocycles. The van der Waals surface area contributed by atoms with Crippen molar-refractivity contribution in [3.63, 3.8) is 0 Å². The van der Waals surface area contributed by atoms with Gasteiger partial charge in [-0.15, -0.1) is 0 Å². The van der Waals surface area contributed by atoms with Crippen LogP contribution in [0.2, 0.25) is 0 Å². The zero-order valence-corrected chi connectivity index (χ0v) is 9.65. The molecule has 1 unspecified atom stereocenters. The van der Waals surface area contributed by atoms with Crippen LogP contribution >= 0.6 is 0 Å². The van der Waals surface area contributed by atoms with E-state index in [1.54, 1.807) is 0 Å².